The Bertz CT molecular complexity index is 1220. The molecule has 1 N–H and O–H groups in total. The molecule has 0 radical (unpaired) electrons. The highest BCUT2D eigenvalue weighted by Crippen LogP contribution is 2.30. The Balaban J connectivity index is 1.51. The fourth-order valence-corrected chi connectivity index (χ4v) is 4.90. The minimum atomic E-state index is -0.120. The van der Waals surface area contributed by atoms with Crippen molar-refractivity contribution in [1.82, 2.24) is 24.7 Å². The Morgan fingerprint density at radius 3 is 2.47 bits per heavy atom. The molecule has 0 aliphatic heterocycles. The van der Waals surface area contributed by atoms with Gasteiger partial charge in [-0.25, -0.2) is 19.6 Å². The van der Waals surface area contributed by atoms with Gasteiger partial charge in [0.25, 0.3) is 5.95 Å². The Morgan fingerprint density at radius 1 is 1.07 bits per heavy atom. The van der Waals surface area contributed by atoms with Crippen LogP contribution < -0.4 is 5.32 Å². The smallest absolute Gasteiger partial charge is 0.251 e. The van der Waals surface area contributed by atoms with Crippen LogP contribution >= 0.6 is 22.7 Å². The SMILES string of the molecule is Cc1cc(C)nc(-n2nc(C)c(CC(=O)Nc3nc(-c4ccc(C)s4)cs3)c2C)n1. The van der Waals surface area contributed by atoms with Crippen molar-refractivity contribution in [3.05, 3.63) is 56.8 Å². The highest BCUT2D eigenvalue weighted by Gasteiger charge is 2.18. The molecule has 7 nitrogen and oxygen atoms in total. The monoisotopic (exact) mass is 438 g/mol. The quantitative estimate of drug-likeness (QED) is 0.493. The van der Waals surface area contributed by atoms with Crippen LogP contribution in [0.5, 0.6) is 0 Å². The zero-order chi connectivity index (χ0) is 21.4. The summed E-state index contributed by atoms with van der Waals surface area (Å²) in [5.41, 5.74) is 5.18. The lowest BCUT2D eigenvalue weighted by molar-refractivity contribution is -0.115. The van der Waals surface area contributed by atoms with Crippen LogP contribution in [-0.4, -0.2) is 30.6 Å². The van der Waals surface area contributed by atoms with Gasteiger partial charge in [-0.1, -0.05) is 0 Å². The van der Waals surface area contributed by atoms with Crippen LogP contribution in [0.3, 0.4) is 0 Å². The van der Waals surface area contributed by atoms with E-state index in [4.69, 9.17) is 0 Å². The number of thiazole rings is 1. The summed E-state index contributed by atoms with van der Waals surface area (Å²) in [6.45, 7) is 9.76. The lowest BCUT2D eigenvalue weighted by Gasteiger charge is -2.06. The Hall–Kier alpha value is -2.91. The maximum absolute atomic E-state index is 12.7. The molecule has 0 saturated heterocycles. The van der Waals surface area contributed by atoms with E-state index in [0.717, 1.165) is 38.9 Å². The van der Waals surface area contributed by atoms with E-state index in [1.54, 1.807) is 16.0 Å². The molecular formula is C21H22N6OS2. The molecule has 1 amide bonds. The molecule has 4 aromatic heterocycles. The highest BCUT2D eigenvalue weighted by molar-refractivity contribution is 7.17. The van der Waals surface area contributed by atoms with Gasteiger partial charge in [0.05, 0.1) is 22.7 Å². The lowest BCUT2D eigenvalue weighted by atomic mass is 10.1. The van der Waals surface area contributed by atoms with Gasteiger partial charge >= 0.3 is 0 Å². The van der Waals surface area contributed by atoms with Crippen LogP contribution in [0.25, 0.3) is 16.5 Å². The van der Waals surface area contributed by atoms with Crippen LogP contribution in [0.1, 0.15) is 33.2 Å². The number of rotatable bonds is 5. The molecule has 0 aliphatic rings. The summed E-state index contributed by atoms with van der Waals surface area (Å²) in [5, 5.41) is 10.0. The van der Waals surface area contributed by atoms with Gasteiger partial charge < -0.3 is 5.32 Å². The molecule has 30 heavy (non-hydrogen) atoms. The first kappa shape index (κ1) is 20.4. The van der Waals surface area contributed by atoms with E-state index in [1.165, 1.54) is 16.2 Å². The van der Waals surface area contributed by atoms with Gasteiger partial charge in [0.2, 0.25) is 5.91 Å². The normalized spacial score (nSPS) is 11.1. The number of hydrogen-bond donors (Lipinski definition) is 1. The molecule has 0 aliphatic carbocycles. The molecule has 0 spiro atoms. The highest BCUT2D eigenvalue weighted by atomic mass is 32.1. The first-order valence-electron chi connectivity index (χ1n) is 9.50. The first-order valence-corrected chi connectivity index (χ1v) is 11.2. The Morgan fingerprint density at radius 2 is 1.80 bits per heavy atom. The van der Waals surface area contributed by atoms with E-state index >= 15 is 0 Å². The van der Waals surface area contributed by atoms with Crippen LogP contribution in [0.15, 0.2) is 23.6 Å². The zero-order valence-electron chi connectivity index (χ0n) is 17.5. The number of nitrogens with one attached hydrogen (secondary N) is 1. The minimum Gasteiger partial charge on any atom is -0.302 e. The van der Waals surface area contributed by atoms with Gasteiger partial charge in [0.1, 0.15) is 0 Å². The van der Waals surface area contributed by atoms with Gasteiger partial charge in [0, 0.05) is 32.9 Å². The second kappa shape index (κ2) is 8.08. The molecule has 4 heterocycles. The first-order chi connectivity index (χ1) is 14.3. The van der Waals surface area contributed by atoms with Crippen molar-refractivity contribution in [2.75, 3.05) is 5.32 Å². The molecule has 0 fully saturated rings. The molecule has 9 heteroatoms. The fraction of sp³-hybridized carbons (Fsp3) is 0.286. The lowest BCUT2D eigenvalue weighted by Crippen LogP contribution is -2.15. The number of nitrogens with zero attached hydrogens (tertiary/aromatic N) is 5. The van der Waals surface area contributed by atoms with E-state index in [2.05, 4.69) is 44.4 Å². The number of hydrogen-bond acceptors (Lipinski definition) is 7. The zero-order valence-corrected chi connectivity index (χ0v) is 19.1. The van der Waals surface area contributed by atoms with Crippen molar-refractivity contribution in [1.29, 1.82) is 0 Å². The standard InChI is InChI=1S/C21H22N6OS2/c1-11-8-12(2)23-20(22-11)27-15(5)16(14(4)26-27)9-19(28)25-21-24-17(10-29-21)18-7-6-13(3)30-18/h6-8,10H,9H2,1-5H3,(H,24,25,28). The van der Waals surface area contributed by atoms with Crippen LogP contribution in [0.4, 0.5) is 5.13 Å². The number of carbonyl (C=O) groups is 1. The summed E-state index contributed by atoms with van der Waals surface area (Å²) in [5.74, 6) is 0.404. The summed E-state index contributed by atoms with van der Waals surface area (Å²) in [4.78, 5) is 28.5. The number of aryl methyl sites for hydroxylation is 4. The van der Waals surface area contributed by atoms with Gasteiger partial charge in [-0.05, 0) is 52.8 Å². The second-order valence-electron chi connectivity index (χ2n) is 7.19. The Labute approximate surface area is 182 Å². The van der Waals surface area contributed by atoms with Crippen molar-refractivity contribution < 1.29 is 4.79 Å². The number of amides is 1. The average Bonchev–Trinajstić information content (AvgIpc) is 3.37. The molecule has 4 rings (SSSR count). The van der Waals surface area contributed by atoms with Crippen LogP contribution in [0, 0.1) is 34.6 Å². The summed E-state index contributed by atoms with van der Waals surface area (Å²) in [6.07, 6.45) is 0.218. The number of carbonyl (C=O) groups excluding carboxylic acids is 1. The summed E-state index contributed by atoms with van der Waals surface area (Å²) < 4.78 is 1.71. The van der Waals surface area contributed by atoms with Crippen molar-refractivity contribution in [3.8, 4) is 16.5 Å². The third kappa shape index (κ3) is 4.17. The topological polar surface area (TPSA) is 85.6 Å². The van der Waals surface area contributed by atoms with Gasteiger partial charge in [-0.2, -0.15) is 5.10 Å². The van der Waals surface area contributed by atoms with E-state index in [1.807, 2.05) is 39.1 Å². The molecule has 0 unspecified atom stereocenters. The molecule has 0 saturated carbocycles. The molecule has 0 atom stereocenters. The van der Waals surface area contributed by atoms with Crippen molar-refractivity contribution in [2.24, 2.45) is 0 Å². The largest absolute Gasteiger partial charge is 0.302 e. The van der Waals surface area contributed by atoms with Gasteiger partial charge in [0.15, 0.2) is 5.13 Å². The summed E-state index contributed by atoms with van der Waals surface area (Å²) in [7, 11) is 0. The average molecular weight is 439 g/mol. The van der Waals surface area contributed by atoms with E-state index < -0.39 is 0 Å². The second-order valence-corrected chi connectivity index (χ2v) is 9.33. The molecule has 4 aromatic rings. The van der Waals surface area contributed by atoms with Crippen LogP contribution in [-0.2, 0) is 11.2 Å². The van der Waals surface area contributed by atoms with Crippen LogP contribution in [0.2, 0.25) is 0 Å². The van der Waals surface area contributed by atoms with Gasteiger partial charge in [-0.3, -0.25) is 4.79 Å². The predicted molar refractivity (Wildman–Crippen MR) is 121 cm³/mol. The van der Waals surface area contributed by atoms with E-state index in [-0.39, 0.29) is 12.3 Å². The number of thiophene rings is 1. The molecule has 154 valence electrons. The summed E-state index contributed by atoms with van der Waals surface area (Å²) >= 11 is 3.12. The fourth-order valence-electron chi connectivity index (χ4n) is 3.27. The number of aromatic nitrogens is 5. The Kier molecular flexibility index (Phi) is 5.48. The summed E-state index contributed by atoms with van der Waals surface area (Å²) in [6, 6.07) is 6.04. The molecular weight excluding hydrogens is 416 g/mol. The molecule has 0 bridgehead atoms. The third-order valence-corrected chi connectivity index (χ3v) is 6.46. The van der Waals surface area contributed by atoms with Gasteiger partial charge in [-0.15, -0.1) is 22.7 Å². The predicted octanol–water partition coefficient (Wildman–Crippen LogP) is 4.57. The maximum atomic E-state index is 12.7. The third-order valence-electron chi connectivity index (χ3n) is 4.68. The number of anilines is 1. The van der Waals surface area contributed by atoms with Crippen molar-refractivity contribution >= 4 is 33.7 Å². The minimum absolute atomic E-state index is 0.120. The van der Waals surface area contributed by atoms with E-state index in [9.17, 15) is 4.79 Å². The molecule has 0 aromatic carbocycles. The maximum Gasteiger partial charge on any atom is 0.251 e. The van der Waals surface area contributed by atoms with E-state index in [0.29, 0.717) is 11.1 Å². The van der Waals surface area contributed by atoms with Crippen molar-refractivity contribution in [2.45, 2.75) is 41.0 Å². The van der Waals surface area contributed by atoms with Crippen molar-refractivity contribution in [3.63, 3.8) is 0 Å².